The van der Waals surface area contributed by atoms with Crippen molar-refractivity contribution in [3.63, 3.8) is 0 Å². The van der Waals surface area contributed by atoms with Gasteiger partial charge in [0.05, 0.1) is 36.9 Å². The van der Waals surface area contributed by atoms with Crippen LogP contribution in [0, 0.1) is 0 Å². The average molecular weight is 387 g/mol. The Labute approximate surface area is 164 Å². The van der Waals surface area contributed by atoms with Crippen molar-refractivity contribution in [2.75, 3.05) is 36.4 Å². The molecule has 0 aliphatic carbocycles. The molecule has 1 heterocycles. The number of anilines is 2. The van der Waals surface area contributed by atoms with Crippen LogP contribution in [-0.4, -0.2) is 43.9 Å². The number of hydrogen-bond acceptors (Lipinski definition) is 3. The summed E-state index contributed by atoms with van der Waals surface area (Å²) in [5.41, 5.74) is 2.31. The van der Waals surface area contributed by atoms with Crippen LogP contribution in [-0.2, 0) is 4.79 Å². The van der Waals surface area contributed by atoms with Crippen LogP contribution in [0.25, 0.3) is 0 Å². The number of rotatable bonds is 5. The molecule has 1 aliphatic rings. The molecule has 0 spiro atoms. The monoisotopic (exact) mass is 386 g/mol. The van der Waals surface area contributed by atoms with Gasteiger partial charge in [-0.25, -0.2) is 0 Å². The van der Waals surface area contributed by atoms with Crippen LogP contribution < -0.4 is 15.1 Å². The van der Waals surface area contributed by atoms with Gasteiger partial charge in [0.2, 0.25) is 0 Å². The van der Waals surface area contributed by atoms with E-state index in [1.807, 2.05) is 37.3 Å². The summed E-state index contributed by atoms with van der Waals surface area (Å²) < 4.78 is 0. The Bertz CT molecular complexity index is 832. The molecular weight excluding hydrogens is 362 g/mol. The molecule has 0 aromatic heterocycles. The zero-order valence-corrected chi connectivity index (χ0v) is 16.4. The fourth-order valence-electron chi connectivity index (χ4n) is 3.43. The van der Waals surface area contributed by atoms with Gasteiger partial charge in [0, 0.05) is 11.3 Å². The minimum absolute atomic E-state index is 0.0135. The second-order valence-electron chi connectivity index (χ2n) is 6.94. The number of ketones is 1. The molecule has 1 saturated heterocycles. The zero-order chi connectivity index (χ0) is 19.4. The highest BCUT2D eigenvalue weighted by Gasteiger charge is 2.29. The molecular formula is C21H25ClN3O2+. The quantitative estimate of drug-likeness (QED) is 0.775. The lowest BCUT2D eigenvalue weighted by Gasteiger charge is -2.36. The first-order chi connectivity index (χ1) is 13.0. The molecule has 0 unspecified atom stereocenters. The summed E-state index contributed by atoms with van der Waals surface area (Å²) in [5.74, 6) is -0.0441. The Kier molecular flexibility index (Phi) is 6.14. The topological polar surface area (TPSA) is 53.9 Å². The van der Waals surface area contributed by atoms with E-state index in [0.29, 0.717) is 11.3 Å². The van der Waals surface area contributed by atoms with Crippen molar-refractivity contribution in [3.05, 3.63) is 59.1 Å². The van der Waals surface area contributed by atoms with Crippen molar-refractivity contribution in [2.45, 2.75) is 19.9 Å². The average Bonchev–Trinajstić information content (AvgIpc) is 2.68. The standard InChI is InChI=1S/C21H24ClN3O2/c1-15(21(27)23-18-7-5-6-17(14-18)16(2)26)24-10-12-25(13-11-24)20-9-4-3-8-19(20)22/h3-9,14-15H,10-13H2,1-2H3,(H,23,27)/p+1/t15-/m1/s1. The fraction of sp³-hybridized carbons (Fsp3) is 0.333. The number of hydrogen-bond donors (Lipinski definition) is 2. The van der Waals surface area contributed by atoms with Crippen LogP contribution in [0.1, 0.15) is 24.2 Å². The molecule has 6 heteroatoms. The molecule has 3 rings (SSSR count). The lowest BCUT2D eigenvalue weighted by atomic mass is 10.1. The molecule has 5 nitrogen and oxygen atoms in total. The van der Waals surface area contributed by atoms with Gasteiger partial charge in [-0.3, -0.25) is 9.59 Å². The predicted octanol–water partition coefficient (Wildman–Crippen LogP) is 2.27. The lowest BCUT2D eigenvalue weighted by molar-refractivity contribution is -0.914. The molecule has 0 saturated carbocycles. The number of quaternary nitrogens is 1. The number of halogens is 1. The van der Waals surface area contributed by atoms with E-state index in [1.54, 1.807) is 18.2 Å². The molecule has 1 amide bonds. The Morgan fingerprint density at radius 2 is 1.81 bits per heavy atom. The van der Waals surface area contributed by atoms with Gasteiger partial charge < -0.3 is 15.1 Å². The maximum atomic E-state index is 12.6. The van der Waals surface area contributed by atoms with Gasteiger partial charge in [0.15, 0.2) is 11.8 Å². The third kappa shape index (κ3) is 4.67. The van der Waals surface area contributed by atoms with Crippen LogP contribution in [0.5, 0.6) is 0 Å². The predicted molar refractivity (Wildman–Crippen MR) is 109 cm³/mol. The van der Waals surface area contributed by atoms with Gasteiger partial charge in [-0.05, 0) is 38.1 Å². The number of carbonyl (C=O) groups excluding carboxylic acids is 2. The maximum Gasteiger partial charge on any atom is 0.282 e. The third-order valence-electron chi connectivity index (χ3n) is 5.14. The van der Waals surface area contributed by atoms with Crippen molar-refractivity contribution >= 4 is 34.7 Å². The first-order valence-electron chi connectivity index (χ1n) is 9.21. The van der Waals surface area contributed by atoms with E-state index in [2.05, 4.69) is 10.2 Å². The highest BCUT2D eigenvalue weighted by atomic mass is 35.5. The molecule has 0 radical (unpaired) electrons. The molecule has 1 fully saturated rings. The lowest BCUT2D eigenvalue weighted by Crippen LogP contribution is -3.19. The van der Waals surface area contributed by atoms with Crippen LogP contribution >= 0.6 is 11.6 Å². The van der Waals surface area contributed by atoms with Crippen molar-refractivity contribution < 1.29 is 14.5 Å². The summed E-state index contributed by atoms with van der Waals surface area (Å²) in [6.45, 7) is 6.92. The highest BCUT2D eigenvalue weighted by molar-refractivity contribution is 6.33. The number of amides is 1. The molecule has 142 valence electrons. The summed E-state index contributed by atoms with van der Waals surface area (Å²) in [6, 6.07) is 14.8. The van der Waals surface area contributed by atoms with E-state index in [-0.39, 0.29) is 17.7 Å². The zero-order valence-electron chi connectivity index (χ0n) is 15.7. The molecule has 1 aliphatic heterocycles. The summed E-state index contributed by atoms with van der Waals surface area (Å²) in [6.07, 6.45) is 0. The minimum atomic E-state index is -0.167. The van der Waals surface area contributed by atoms with Crippen molar-refractivity contribution in [1.82, 2.24) is 0 Å². The second-order valence-corrected chi connectivity index (χ2v) is 7.35. The van der Waals surface area contributed by atoms with Crippen molar-refractivity contribution in [2.24, 2.45) is 0 Å². The Balaban J connectivity index is 1.58. The largest absolute Gasteiger partial charge is 0.359 e. The Hall–Kier alpha value is -2.37. The first kappa shape index (κ1) is 19.4. The number of benzene rings is 2. The highest BCUT2D eigenvalue weighted by Crippen LogP contribution is 2.24. The fourth-order valence-corrected chi connectivity index (χ4v) is 3.68. The molecule has 2 N–H and O–H groups in total. The summed E-state index contributed by atoms with van der Waals surface area (Å²) in [4.78, 5) is 27.7. The number of piperazine rings is 1. The van der Waals surface area contributed by atoms with Gasteiger partial charge in [-0.2, -0.15) is 0 Å². The van der Waals surface area contributed by atoms with Gasteiger partial charge in [0.25, 0.3) is 5.91 Å². The summed E-state index contributed by atoms with van der Waals surface area (Å²) in [5, 5.41) is 3.70. The maximum absolute atomic E-state index is 12.6. The number of Topliss-reactive ketones (excluding diaryl/α,β-unsaturated/α-hetero) is 1. The van der Waals surface area contributed by atoms with E-state index in [9.17, 15) is 9.59 Å². The SMILES string of the molecule is CC(=O)c1cccc(NC(=O)[C@@H](C)[NH+]2CCN(c3ccccc3Cl)CC2)c1. The van der Waals surface area contributed by atoms with E-state index in [1.165, 1.54) is 11.8 Å². The van der Waals surface area contributed by atoms with Crippen LogP contribution in [0.15, 0.2) is 48.5 Å². The van der Waals surface area contributed by atoms with E-state index in [0.717, 1.165) is 36.9 Å². The number of para-hydroxylation sites is 1. The van der Waals surface area contributed by atoms with Crippen molar-refractivity contribution in [1.29, 1.82) is 0 Å². The van der Waals surface area contributed by atoms with Gasteiger partial charge in [-0.1, -0.05) is 35.9 Å². The number of carbonyl (C=O) groups is 2. The Morgan fingerprint density at radius 3 is 2.48 bits per heavy atom. The van der Waals surface area contributed by atoms with E-state index >= 15 is 0 Å². The van der Waals surface area contributed by atoms with E-state index in [4.69, 9.17) is 11.6 Å². The molecule has 0 bridgehead atoms. The smallest absolute Gasteiger partial charge is 0.282 e. The van der Waals surface area contributed by atoms with Gasteiger partial charge in [-0.15, -0.1) is 0 Å². The minimum Gasteiger partial charge on any atom is -0.359 e. The second kappa shape index (κ2) is 8.55. The summed E-state index contributed by atoms with van der Waals surface area (Å²) in [7, 11) is 0. The Morgan fingerprint density at radius 1 is 1.11 bits per heavy atom. The van der Waals surface area contributed by atoms with Gasteiger partial charge >= 0.3 is 0 Å². The van der Waals surface area contributed by atoms with Crippen LogP contribution in [0.3, 0.4) is 0 Å². The number of nitrogens with one attached hydrogen (secondary N) is 2. The normalized spacial score (nSPS) is 16.0. The van der Waals surface area contributed by atoms with Gasteiger partial charge in [0.1, 0.15) is 0 Å². The first-order valence-corrected chi connectivity index (χ1v) is 9.59. The third-order valence-corrected chi connectivity index (χ3v) is 5.46. The summed E-state index contributed by atoms with van der Waals surface area (Å²) >= 11 is 6.30. The molecule has 1 atom stereocenters. The number of nitrogens with zero attached hydrogens (tertiary/aromatic N) is 1. The van der Waals surface area contributed by atoms with Crippen LogP contribution in [0.2, 0.25) is 5.02 Å². The molecule has 2 aromatic rings. The molecule has 2 aromatic carbocycles. The van der Waals surface area contributed by atoms with E-state index < -0.39 is 0 Å². The van der Waals surface area contributed by atoms with Crippen LogP contribution in [0.4, 0.5) is 11.4 Å². The van der Waals surface area contributed by atoms with Crippen molar-refractivity contribution in [3.8, 4) is 0 Å². The molecule has 27 heavy (non-hydrogen) atoms.